The third-order valence-corrected chi connectivity index (χ3v) is 2.93. The summed E-state index contributed by atoms with van der Waals surface area (Å²) < 4.78 is 0. The summed E-state index contributed by atoms with van der Waals surface area (Å²) in [7, 11) is 1.91. The lowest BCUT2D eigenvalue weighted by Gasteiger charge is -2.22. The molecule has 4 N–H and O–H groups in total. The van der Waals surface area contributed by atoms with Gasteiger partial charge in [-0.05, 0) is 29.8 Å². The Kier molecular flexibility index (Phi) is 3.66. The van der Waals surface area contributed by atoms with Gasteiger partial charge >= 0.3 is 0 Å². The number of carbonyl (C=O) groups is 1. The van der Waals surface area contributed by atoms with E-state index in [1.807, 2.05) is 30.1 Å². The minimum atomic E-state index is -0.517. The average Bonchev–Trinajstić information content (AvgIpc) is 2.39. The number of pyridine rings is 1. The van der Waals surface area contributed by atoms with E-state index < -0.39 is 5.91 Å². The largest absolute Gasteiger partial charge is 0.396 e. The molecule has 1 aromatic heterocycles. The highest BCUT2D eigenvalue weighted by Gasteiger charge is 2.12. The Morgan fingerprint density at radius 2 is 1.95 bits per heavy atom. The van der Waals surface area contributed by atoms with Gasteiger partial charge in [0.2, 0.25) is 0 Å². The lowest BCUT2D eigenvalue weighted by atomic mass is 10.1. The molecule has 19 heavy (non-hydrogen) atoms. The van der Waals surface area contributed by atoms with E-state index in [-0.39, 0.29) is 0 Å². The van der Waals surface area contributed by atoms with Gasteiger partial charge in [-0.3, -0.25) is 9.78 Å². The van der Waals surface area contributed by atoms with Gasteiger partial charge in [-0.2, -0.15) is 0 Å². The second kappa shape index (κ2) is 5.39. The summed E-state index contributed by atoms with van der Waals surface area (Å²) in [5.41, 5.74) is 13.9. The van der Waals surface area contributed by atoms with Crippen LogP contribution in [0.5, 0.6) is 0 Å². The van der Waals surface area contributed by atoms with Crippen LogP contribution in [0.2, 0.25) is 0 Å². The maximum Gasteiger partial charge on any atom is 0.250 e. The molecule has 0 unspecified atom stereocenters. The number of nitrogen functional groups attached to an aromatic ring is 1. The number of aromatic nitrogens is 1. The van der Waals surface area contributed by atoms with Crippen LogP contribution in [0, 0.1) is 0 Å². The van der Waals surface area contributed by atoms with Crippen LogP contribution in [-0.4, -0.2) is 17.9 Å². The lowest BCUT2D eigenvalue weighted by molar-refractivity contribution is 0.100. The number of rotatable bonds is 4. The zero-order valence-electron chi connectivity index (χ0n) is 10.7. The molecule has 1 aromatic carbocycles. The van der Waals surface area contributed by atoms with Gasteiger partial charge in [0.15, 0.2) is 0 Å². The smallest absolute Gasteiger partial charge is 0.250 e. The first-order valence-electron chi connectivity index (χ1n) is 5.88. The van der Waals surface area contributed by atoms with Crippen LogP contribution in [0.4, 0.5) is 11.4 Å². The average molecular weight is 256 g/mol. The van der Waals surface area contributed by atoms with Crippen molar-refractivity contribution in [2.24, 2.45) is 5.73 Å². The number of nitrogens with zero attached hydrogens (tertiary/aromatic N) is 2. The summed E-state index contributed by atoms with van der Waals surface area (Å²) in [6, 6.07) is 9.13. The number of amides is 1. The molecule has 1 heterocycles. The first kappa shape index (κ1) is 12.9. The molecule has 0 saturated carbocycles. The second-order valence-electron chi connectivity index (χ2n) is 4.31. The SMILES string of the molecule is CN(Cc1ccncc1)c1cccc(C(N)=O)c1N. The quantitative estimate of drug-likeness (QED) is 0.810. The molecular formula is C14H16N4O. The van der Waals surface area contributed by atoms with Gasteiger partial charge in [0.1, 0.15) is 0 Å². The summed E-state index contributed by atoms with van der Waals surface area (Å²) in [6.45, 7) is 0.676. The molecule has 5 heteroatoms. The molecule has 98 valence electrons. The van der Waals surface area contributed by atoms with Gasteiger partial charge in [0, 0.05) is 26.0 Å². The van der Waals surface area contributed by atoms with Gasteiger partial charge in [-0.15, -0.1) is 0 Å². The normalized spacial score (nSPS) is 10.2. The number of hydrogen-bond donors (Lipinski definition) is 2. The Bertz CT molecular complexity index is 583. The third kappa shape index (κ3) is 2.82. The summed E-state index contributed by atoms with van der Waals surface area (Å²) in [5.74, 6) is -0.517. The van der Waals surface area contributed by atoms with Crippen molar-refractivity contribution in [2.75, 3.05) is 17.7 Å². The summed E-state index contributed by atoms with van der Waals surface area (Å²) in [5, 5.41) is 0. The number of para-hydroxylation sites is 1. The maximum absolute atomic E-state index is 11.3. The molecule has 1 amide bonds. The van der Waals surface area contributed by atoms with Crippen molar-refractivity contribution in [1.29, 1.82) is 0 Å². The highest BCUT2D eigenvalue weighted by Crippen LogP contribution is 2.26. The van der Waals surface area contributed by atoms with E-state index in [9.17, 15) is 4.79 Å². The van der Waals surface area contributed by atoms with Crippen molar-refractivity contribution < 1.29 is 4.79 Å². The molecule has 0 aliphatic heterocycles. The van der Waals surface area contributed by atoms with Crippen LogP contribution in [0.1, 0.15) is 15.9 Å². The Labute approximate surface area is 111 Å². The van der Waals surface area contributed by atoms with Crippen LogP contribution in [0.25, 0.3) is 0 Å². The fourth-order valence-electron chi connectivity index (χ4n) is 1.95. The standard InChI is InChI=1S/C14H16N4O/c1-18(9-10-5-7-17-8-6-10)12-4-2-3-11(13(12)15)14(16)19/h2-8H,9,15H2,1H3,(H2,16,19). The molecule has 2 aromatic rings. The van der Waals surface area contributed by atoms with Crippen molar-refractivity contribution in [3.63, 3.8) is 0 Å². The Hall–Kier alpha value is -2.56. The number of primary amides is 1. The summed E-state index contributed by atoms with van der Waals surface area (Å²) in [4.78, 5) is 17.2. The predicted molar refractivity (Wildman–Crippen MR) is 75.7 cm³/mol. The molecule has 5 nitrogen and oxygen atoms in total. The highest BCUT2D eigenvalue weighted by atomic mass is 16.1. The molecule has 0 spiro atoms. The Morgan fingerprint density at radius 3 is 2.58 bits per heavy atom. The van der Waals surface area contributed by atoms with Gasteiger partial charge < -0.3 is 16.4 Å². The molecular weight excluding hydrogens is 240 g/mol. The van der Waals surface area contributed by atoms with Crippen LogP contribution < -0.4 is 16.4 Å². The zero-order valence-corrected chi connectivity index (χ0v) is 10.7. The maximum atomic E-state index is 11.3. The molecule has 0 aliphatic carbocycles. The number of benzene rings is 1. The monoisotopic (exact) mass is 256 g/mol. The van der Waals surface area contributed by atoms with Gasteiger partial charge in [0.25, 0.3) is 5.91 Å². The van der Waals surface area contributed by atoms with Crippen LogP contribution >= 0.6 is 0 Å². The fourth-order valence-corrected chi connectivity index (χ4v) is 1.95. The minimum Gasteiger partial charge on any atom is -0.396 e. The van der Waals surface area contributed by atoms with E-state index >= 15 is 0 Å². The van der Waals surface area contributed by atoms with Crippen LogP contribution in [0.15, 0.2) is 42.7 Å². The van der Waals surface area contributed by atoms with E-state index in [1.54, 1.807) is 24.5 Å². The van der Waals surface area contributed by atoms with Crippen molar-refractivity contribution in [3.8, 4) is 0 Å². The fraction of sp³-hybridized carbons (Fsp3) is 0.143. The van der Waals surface area contributed by atoms with E-state index in [2.05, 4.69) is 4.98 Å². The number of hydrogen-bond acceptors (Lipinski definition) is 4. The number of carbonyl (C=O) groups excluding carboxylic acids is 1. The topological polar surface area (TPSA) is 85.2 Å². The van der Waals surface area contributed by atoms with Crippen LogP contribution in [-0.2, 0) is 6.54 Å². The molecule has 2 rings (SSSR count). The molecule has 0 atom stereocenters. The molecule has 0 aliphatic rings. The lowest BCUT2D eigenvalue weighted by Crippen LogP contribution is -2.20. The summed E-state index contributed by atoms with van der Waals surface area (Å²) in [6.07, 6.45) is 3.48. The van der Waals surface area contributed by atoms with Crippen molar-refractivity contribution in [1.82, 2.24) is 4.98 Å². The van der Waals surface area contributed by atoms with Gasteiger partial charge in [-0.25, -0.2) is 0 Å². The first-order chi connectivity index (χ1) is 9.09. The Morgan fingerprint density at radius 1 is 1.26 bits per heavy atom. The van der Waals surface area contributed by atoms with Crippen molar-refractivity contribution in [3.05, 3.63) is 53.9 Å². The van der Waals surface area contributed by atoms with E-state index in [0.29, 0.717) is 17.8 Å². The number of nitrogens with two attached hydrogens (primary N) is 2. The number of anilines is 2. The van der Waals surface area contributed by atoms with E-state index in [0.717, 1.165) is 11.3 Å². The minimum absolute atomic E-state index is 0.346. The molecule has 0 radical (unpaired) electrons. The molecule has 0 fully saturated rings. The Balaban J connectivity index is 2.27. The second-order valence-corrected chi connectivity index (χ2v) is 4.31. The van der Waals surface area contributed by atoms with Gasteiger partial charge in [-0.1, -0.05) is 6.07 Å². The summed E-state index contributed by atoms with van der Waals surface area (Å²) >= 11 is 0. The van der Waals surface area contributed by atoms with Crippen molar-refractivity contribution in [2.45, 2.75) is 6.54 Å². The first-order valence-corrected chi connectivity index (χ1v) is 5.88. The van der Waals surface area contributed by atoms with E-state index in [4.69, 9.17) is 11.5 Å². The third-order valence-electron chi connectivity index (χ3n) is 2.93. The predicted octanol–water partition coefficient (Wildman–Crippen LogP) is 1.40. The van der Waals surface area contributed by atoms with Crippen LogP contribution in [0.3, 0.4) is 0 Å². The molecule has 0 saturated heterocycles. The van der Waals surface area contributed by atoms with Crippen molar-refractivity contribution >= 4 is 17.3 Å². The van der Waals surface area contributed by atoms with Gasteiger partial charge in [0.05, 0.1) is 16.9 Å². The molecule has 0 bridgehead atoms. The zero-order chi connectivity index (χ0) is 13.8. The highest BCUT2D eigenvalue weighted by molar-refractivity contribution is 6.00. The van der Waals surface area contributed by atoms with E-state index in [1.165, 1.54) is 0 Å².